The van der Waals surface area contributed by atoms with Crippen molar-refractivity contribution in [1.82, 2.24) is 10.6 Å². The van der Waals surface area contributed by atoms with Crippen molar-refractivity contribution in [2.45, 2.75) is 0 Å². The summed E-state index contributed by atoms with van der Waals surface area (Å²) in [6.45, 7) is 1.53. The standard InChI is InChI=1S/C24H24N2O4/c27-23(25-15-17-29-21-7-3-1-4-8-21)19-11-13-20(14-12-19)24(28)26-16-18-30-22-9-5-2-6-10-22/h1-14H,15-18H2,(H,25,27)(H,26,28). The van der Waals surface area contributed by atoms with Crippen LogP contribution >= 0.6 is 0 Å². The highest BCUT2D eigenvalue weighted by atomic mass is 16.5. The van der Waals surface area contributed by atoms with Crippen molar-refractivity contribution in [3.05, 3.63) is 96.1 Å². The molecule has 0 heterocycles. The number of carbonyl (C=O) groups excluding carboxylic acids is 2. The molecular formula is C24H24N2O4. The summed E-state index contributed by atoms with van der Waals surface area (Å²) in [6.07, 6.45) is 0. The summed E-state index contributed by atoms with van der Waals surface area (Å²) in [6, 6.07) is 25.3. The second kappa shape index (κ2) is 11.3. The Morgan fingerprint density at radius 3 is 1.30 bits per heavy atom. The van der Waals surface area contributed by atoms with Gasteiger partial charge in [0.2, 0.25) is 0 Å². The summed E-state index contributed by atoms with van der Waals surface area (Å²) >= 11 is 0. The average molecular weight is 404 g/mol. The molecule has 0 aliphatic carbocycles. The van der Waals surface area contributed by atoms with Gasteiger partial charge in [-0.25, -0.2) is 0 Å². The molecule has 0 atom stereocenters. The number of para-hydroxylation sites is 2. The van der Waals surface area contributed by atoms with Crippen molar-refractivity contribution in [1.29, 1.82) is 0 Å². The summed E-state index contributed by atoms with van der Waals surface area (Å²) in [5.74, 6) is 1.09. The molecule has 0 unspecified atom stereocenters. The van der Waals surface area contributed by atoms with E-state index in [0.717, 1.165) is 11.5 Å². The van der Waals surface area contributed by atoms with Crippen LogP contribution in [0.1, 0.15) is 20.7 Å². The third kappa shape index (κ3) is 6.67. The Bertz CT molecular complexity index is 850. The van der Waals surface area contributed by atoms with Crippen molar-refractivity contribution < 1.29 is 19.1 Å². The molecule has 0 fully saturated rings. The number of benzene rings is 3. The quantitative estimate of drug-likeness (QED) is 0.509. The van der Waals surface area contributed by atoms with E-state index in [2.05, 4.69) is 10.6 Å². The van der Waals surface area contributed by atoms with E-state index < -0.39 is 0 Å². The molecule has 0 spiro atoms. The SMILES string of the molecule is O=C(NCCOc1ccccc1)c1ccc(C(=O)NCCOc2ccccc2)cc1. The number of amides is 2. The summed E-state index contributed by atoms with van der Waals surface area (Å²) in [5.41, 5.74) is 0.970. The largest absolute Gasteiger partial charge is 0.492 e. The average Bonchev–Trinajstić information content (AvgIpc) is 2.81. The van der Waals surface area contributed by atoms with E-state index in [9.17, 15) is 9.59 Å². The van der Waals surface area contributed by atoms with Gasteiger partial charge >= 0.3 is 0 Å². The predicted molar refractivity (Wildman–Crippen MR) is 115 cm³/mol. The fourth-order valence-corrected chi connectivity index (χ4v) is 2.68. The van der Waals surface area contributed by atoms with Crippen LogP contribution in [-0.2, 0) is 0 Å². The summed E-state index contributed by atoms with van der Waals surface area (Å²) in [7, 11) is 0. The minimum atomic E-state index is -0.213. The molecular weight excluding hydrogens is 380 g/mol. The zero-order valence-electron chi connectivity index (χ0n) is 16.5. The molecule has 6 nitrogen and oxygen atoms in total. The van der Waals surface area contributed by atoms with E-state index in [0.29, 0.717) is 37.4 Å². The molecule has 0 bridgehead atoms. The zero-order valence-corrected chi connectivity index (χ0v) is 16.5. The molecule has 0 radical (unpaired) electrons. The summed E-state index contributed by atoms with van der Waals surface area (Å²) in [5, 5.41) is 5.59. The Kier molecular flexibility index (Phi) is 7.85. The van der Waals surface area contributed by atoms with Gasteiger partial charge in [0.15, 0.2) is 0 Å². The second-order valence-corrected chi connectivity index (χ2v) is 6.41. The Hall–Kier alpha value is -3.80. The van der Waals surface area contributed by atoms with E-state index in [1.165, 1.54) is 0 Å². The van der Waals surface area contributed by atoms with Gasteiger partial charge in [-0.1, -0.05) is 36.4 Å². The lowest BCUT2D eigenvalue weighted by molar-refractivity contribution is 0.0935. The van der Waals surface area contributed by atoms with Crippen molar-refractivity contribution >= 4 is 11.8 Å². The van der Waals surface area contributed by atoms with Crippen molar-refractivity contribution in [3.63, 3.8) is 0 Å². The number of ether oxygens (including phenoxy) is 2. The number of carbonyl (C=O) groups is 2. The molecule has 30 heavy (non-hydrogen) atoms. The van der Waals surface area contributed by atoms with Crippen molar-refractivity contribution in [3.8, 4) is 11.5 Å². The number of nitrogens with one attached hydrogen (secondary N) is 2. The van der Waals surface area contributed by atoms with E-state index in [-0.39, 0.29) is 11.8 Å². The minimum Gasteiger partial charge on any atom is -0.492 e. The third-order valence-corrected chi connectivity index (χ3v) is 4.21. The fraction of sp³-hybridized carbons (Fsp3) is 0.167. The summed E-state index contributed by atoms with van der Waals surface area (Å²) < 4.78 is 11.1. The van der Waals surface area contributed by atoms with Gasteiger partial charge in [-0.3, -0.25) is 9.59 Å². The molecule has 3 aromatic rings. The first kappa shape index (κ1) is 20.9. The first-order valence-electron chi connectivity index (χ1n) is 9.74. The lowest BCUT2D eigenvalue weighted by Gasteiger charge is -2.09. The van der Waals surface area contributed by atoms with Crippen LogP contribution in [0.25, 0.3) is 0 Å². The predicted octanol–water partition coefficient (Wildman–Crippen LogP) is 3.30. The van der Waals surface area contributed by atoms with Gasteiger partial charge in [0.1, 0.15) is 24.7 Å². The smallest absolute Gasteiger partial charge is 0.251 e. The third-order valence-electron chi connectivity index (χ3n) is 4.21. The van der Waals surface area contributed by atoms with E-state index >= 15 is 0 Å². The monoisotopic (exact) mass is 404 g/mol. The van der Waals surface area contributed by atoms with E-state index in [1.807, 2.05) is 60.7 Å². The highest BCUT2D eigenvalue weighted by Gasteiger charge is 2.08. The Morgan fingerprint density at radius 2 is 0.933 bits per heavy atom. The molecule has 154 valence electrons. The van der Waals surface area contributed by atoms with Crippen LogP contribution in [0.4, 0.5) is 0 Å². The molecule has 0 saturated carbocycles. The number of hydrogen-bond acceptors (Lipinski definition) is 4. The van der Waals surface area contributed by atoms with Gasteiger partial charge in [-0.05, 0) is 48.5 Å². The fourth-order valence-electron chi connectivity index (χ4n) is 2.68. The lowest BCUT2D eigenvalue weighted by atomic mass is 10.1. The maximum Gasteiger partial charge on any atom is 0.251 e. The first-order valence-corrected chi connectivity index (χ1v) is 9.74. The van der Waals surface area contributed by atoms with Crippen molar-refractivity contribution in [2.24, 2.45) is 0 Å². The van der Waals surface area contributed by atoms with E-state index in [1.54, 1.807) is 24.3 Å². The van der Waals surface area contributed by atoms with Gasteiger partial charge in [-0.2, -0.15) is 0 Å². The molecule has 0 aliphatic heterocycles. The molecule has 0 saturated heterocycles. The number of rotatable bonds is 10. The maximum atomic E-state index is 12.2. The van der Waals surface area contributed by atoms with Crippen LogP contribution in [0.3, 0.4) is 0 Å². The second-order valence-electron chi connectivity index (χ2n) is 6.41. The molecule has 0 aliphatic rings. The molecule has 3 aromatic carbocycles. The Balaban J connectivity index is 1.36. The summed E-state index contributed by atoms with van der Waals surface area (Å²) in [4.78, 5) is 24.4. The molecule has 6 heteroatoms. The lowest BCUT2D eigenvalue weighted by Crippen LogP contribution is -2.29. The normalized spacial score (nSPS) is 10.1. The Morgan fingerprint density at radius 1 is 0.567 bits per heavy atom. The van der Waals surface area contributed by atoms with Crippen LogP contribution in [-0.4, -0.2) is 38.1 Å². The van der Waals surface area contributed by atoms with Crippen LogP contribution in [0, 0.1) is 0 Å². The molecule has 2 N–H and O–H groups in total. The van der Waals surface area contributed by atoms with Gasteiger partial charge in [0, 0.05) is 11.1 Å². The van der Waals surface area contributed by atoms with E-state index in [4.69, 9.17) is 9.47 Å². The van der Waals surface area contributed by atoms with Crippen LogP contribution in [0.5, 0.6) is 11.5 Å². The highest BCUT2D eigenvalue weighted by Crippen LogP contribution is 2.09. The van der Waals surface area contributed by atoms with Gasteiger partial charge in [0.25, 0.3) is 11.8 Å². The molecule has 0 aromatic heterocycles. The van der Waals surface area contributed by atoms with Gasteiger partial charge in [-0.15, -0.1) is 0 Å². The van der Waals surface area contributed by atoms with Crippen molar-refractivity contribution in [2.75, 3.05) is 26.3 Å². The highest BCUT2D eigenvalue weighted by molar-refractivity contribution is 5.97. The first-order chi connectivity index (χ1) is 14.7. The number of hydrogen-bond donors (Lipinski definition) is 2. The van der Waals surface area contributed by atoms with Crippen LogP contribution in [0.15, 0.2) is 84.9 Å². The zero-order chi connectivity index (χ0) is 21.0. The minimum absolute atomic E-state index is 0.213. The maximum absolute atomic E-state index is 12.2. The van der Waals surface area contributed by atoms with Crippen LogP contribution in [0.2, 0.25) is 0 Å². The topological polar surface area (TPSA) is 76.7 Å². The van der Waals surface area contributed by atoms with Gasteiger partial charge in [0.05, 0.1) is 13.1 Å². The molecule has 2 amide bonds. The molecule has 3 rings (SSSR count). The van der Waals surface area contributed by atoms with Crippen LogP contribution < -0.4 is 20.1 Å². The van der Waals surface area contributed by atoms with Gasteiger partial charge < -0.3 is 20.1 Å². The Labute approximate surface area is 175 Å².